The Morgan fingerprint density at radius 1 is 1.22 bits per heavy atom. The van der Waals surface area contributed by atoms with E-state index in [9.17, 15) is 29.7 Å². The largest absolute Gasteiger partial charge is 0.457 e. The summed E-state index contributed by atoms with van der Waals surface area (Å²) in [4.78, 5) is 38.5. The van der Waals surface area contributed by atoms with Gasteiger partial charge in [-0.15, -0.1) is 0 Å². The predicted molar refractivity (Wildman–Crippen MR) is 133 cm³/mol. The van der Waals surface area contributed by atoms with Crippen LogP contribution in [-0.2, 0) is 33.3 Å². The van der Waals surface area contributed by atoms with Gasteiger partial charge in [0.15, 0.2) is 18.2 Å². The minimum Gasteiger partial charge on any atom is -0.457 e. The summed E-state index contributed by atoms with van der Waals surface area (Å²) in [6, 6.07) is 0. The van der Waals surface area contributed by atoms with Crippen molar-refractivity contribution in [3.8, 4) is 0 Å². The fourth-order valence-electron chi connectivity index (χ4n) is 3.91. The van der Waals surface area contributed by atoms with Gasteiger partial charge >= 0.3 is 11.9 Å². The molecule has 0 aromatic heterocycles. The Kier molecular flexibility index (Phi) is 11.6. The number of ketones is 1. The van der Waals surface area contributed by atoms with Crippen LogP contribution >= 0.6 is 0 Å². The van der Waals surface area contributed by atoms with Gasteiger partial charge in [0.25, 0.3) is 0 Å². The zero-order valence-electron chi connectivity index (χ0n) is 22.3. The van der Waals surface area contributed by atoms with Crippen molar-refractivity contribution in [1.82, 2.24) is 0 Å². The average molecular weight is 525 g/mol. The van der Waals surface area contributed by atoms with E-state index in [0.29, 0.717) is 5.57 Å². The quantitative estimate of drug-likeness (QED) is 0.332. The normalized spacial score (nSPS) is 35.4. The van der Waals surface area contributed by atoms with Gasteiger partial charge in [0, 0.05) is 12.8 Å². The average Bonchev–Trinajstić information content (AvgIpc) is 3.12. The number of allylic oxidation sites excluding steroid dienone is 1. The molecule has 0 bridgehead atoms. The number of rotatable bonds is 7. The first-order valence-corrected chi connectivity index (χ1v) is 12.6. The number of hydrogen-bond acceptors (Lipinski definition) is 10. The molecule has 2 aliphatic heterocycles. The Morgan fingerprint density at radius 2 is 1.89 bits per heavy atom. The monoisotopic (exact) mass is 524 g/mol. The summed E-state index contributed by atoms with van der Waals surface area (Å²) < 4.78 is 22.7. The van der Waals surface area contributed by atoms with E-state index >= 15 is 0 Å². The predicted octanol–water partition coefficient (Wildman–Crippen LogP) is 1.76. The van der Waals surface area contributed by atoms with Crippen molar-refractivity contribution in [2.75, 3.05) is 6.61 Å². The minimum absolute atomic E-state index is 0.0276. The van der Waals surface area contributed by atoms with Crippen molar-refractivity contribution in [3.63, 3.8) is 0 Å². The Bertz CT molecular complexity index is 905. The maximum absolute atomic E-state index is 13.3. The molecule has 0 spiro atoms. The van der Waals surface area contributed by atoms with E-state index in [1.54, 1.807) is 19.9 Å². The second kappa shape index (κ2) is 14.0. The third-order valence-electron chi connectivity index (χ3n) is 6.41. The zero-order valence-corrected chi connectivity index (χ0v) is 22.3. The minimum atomic E-state index is -1.51. The van der Waals surface area contributed by atoms with Gasteiger partial charge in [0.1, 0.15) is 30.5 Å². The Hall–Kier alpha value is -2.37. The first-order valence-electron chi connectivity index (χ1n) is 12.6. The van der Waals surface area contributed by atoms with Crippen LogP contribution in [0.3, 0.4) is 0 Å². The van der Waals surface area contributed by atoms with Crippen LogP contribution in [0, 0.1) is 11.8 Å². The number of ether oxygens (including phenoxy) is 4. The van der Waals surface area contributed by atoms with E-state index in [0.717, 1.165) is 11.6 Å². The van der Waals surface area contributed by atoms with Gasteiger partial charge in [-0.2, -0.15) is 0 Å². The van der Waals surface area contributed by atoms with E-state index in [-0.39, 0.29) is 18.8 Å². The van der Waals surface area contributed by atoms with Crippen LogP contribution in [0.5, 0.6) is 0 Å². The van der Waals surface area contributed by atoms with Crippen LogP contribution in [0.1, 0.15) is 54.4 Å². The summed E-state index contributed by atoms with van der Waals surface area (Å²) in [6.07, 6.45) is -2.26. The molecule has 0 radical (unpaired) electrons. The van der Waals surface area contributed by atoms with Gasteiger partial charge in [0.05, 0.1) is 12.5 Å². The molecule has 10 heteroatoms. The number of aliphatic hydroxyl groups excluding tert-OH is 3. The molecule has 0 aromatic rings. The van der Waals surface area contributed by atoms with Crippen LogP contribution in [0.2, 0.25) is 0 Å². The summed E-state index contributed by atoms with van der Waals surface area (Å²) in [5, 5.41) is 30.1. The molecule has 37 heavy (non-hydrogen) atoms. The molecule has 0 saturated carbocycles. The smallest absolute Gasteiger partial charge is 0.313 e. The molecule has 0 aliphatic carbocycles. The second-order valence-corrected chi connectivity index (χ2v) is 9.96. The Labute approximate surface area is 217 Å². The van der Waals surface area contributed by atoms with Crippen LogP contribution in [0.4, 0.5) is 0 Å². The maximum Gasteiger partial charge on any atom is 0.313 e. The lowest BCUT2D eigenvalue weighted by Gasteiger charge is -2.30. The van der Waals surface area contributed by atoms with Crippen LogP contribution in [-0.4, -0.2) is 82.6 Å². The van der Waals surface area contributed by atoms with E-state index < -0.39 is 73.2 Å². The van der Waals surface area contributed by atoms with Crippen molar-refractivity contribution >= 4 is 17.7 Å². The molecule has 8 unspecified atom stereocenters. The van der Waals surface area contributed by atoms with Gasteiger partial charge in [-0.3, -0.25) is 14.4 Å². The van der Waals surface area contributed by atoms with Gasteiger partial charge in [-0.25, -0.2) is 0 Å². The van der Waals surface area contributed by atoms with Gasteiger partial charge in [0.2, 0.25) is 0 Å². The molecule has 1 saturated heterocycles. The number of carbonyl (C=O) groups excluding carboxylic acids is 3. The molecule has 0 aromatic carbocycles. The first kappa shape index (κ1) is 30.9. The molecular formula is C27H40O10. The summed E-state index contributed by atoms with van der Waals surface area (Å²) in [7, 11) is 0. The van der Waals surface area contributed by atoms with Crippen LogP contribution < -0.4 is 0 Å². The van der Waals surface area contributed by atoms with Crippen LogP contribution in [0.15, 0.2) is 35.5 Å². The van der Waals surface area contributed by atoms with E-state index in [1.807, 2.05) is 33.8 Å². The highest BCUT2D eigenvalue weighted by Gasteiger charge is 2.46. The standard InChI is InChI=1S/C27H40O10/c1-7-15(4)19-11-9-16(5)24(37-27-23(32)22(31)20(13-28)35-27)25(36-21(30)12-14(2)3)18(29)10-8-17(6)26(33)34-19/h7-10,14,17,19-20,22-25,27-28,31-32H,11-13H2,1-6H3/b10-8?,15-7-,16-9+. The molecule has 2 aliphatic rings. The topological polar surface area (TPSA) is 149 Å². The first-order chi connectivity index (χ1) is 17.4. The third kappa shape index (κ3) is 8.31. The Morgan fingerprint density at radius 3 is 2.46 bits per heavy atom. The molecule has 208 valence electrons. The highest BCUT2D eigenvalue weighted by molar-refractivity contribution is 5.96. The molecular weight excluding hydrogens is 484 g/mol. The van der Waals surface area contributed by atoms with Crippen molar-refractivity contribution in [2.24, 2.45) is 11.8 Å². The number of hydrogen-bond donors (Lipinski definition) is 3. The fraction of sp³-hybridized carbons (Fsp3) is 0.667. The van der Waals surface area contributed by atoms with Crippen molar-refractivity contribution in [3.05, 3.63) is 35.5 Å². The lowest BCUT2D eigenvalue weighted by Crippen LogP contribution is -2.45. The van der Waals surface area contributed by atoms with E-state index in [2.05, 4.69) is 0 Å². The third-order valence-corrected chi connectivity index (χ3v) is 6.41. The lowest BCUT2D eigenvalue weighted by molar-refractivity contribution is -0.208. The molecule has 2 rings (SSSR count). The fourth-order valence-corrected chi connectivity index (χ4v) is 3.91. The van der Waals surface area contributed by atoms with Crippen LogP contribution in [0.25, 0.3) is 0 Å². The number of esters is 2. The summed E-state index contributed by atoms with van der Waals surface area (Å²) in [5.74, 6) is -2.53. The molecule has 1 fully saturated rings. The number of cyclic esters (lactones) is 1. The second-order valence-electron chi connectivity index (χ2n) is 9.96. The van der Waals surface area contributed by atoms with Gasteiger partial charge in [-0.05, 0) is 50.8 Å². The van der Waals surface area contributed by atoms with E-state index in [4.69, 9.17) is 18.9 Å². The van der Waals surface area contributed by atoms with Crippen molar-refractivity contribution < 1.29 is 48.7 Å². The molecule has 8 atom stereocenters. The number of aliphatic hydroxyl groups is 3. The Balaban J connectivity index is 2.53. The number of carbonyl (C=O) groups is 3. The molecule has 3 N–H and O–H groups in total. The van der Waals surface area contributed by atoms with Crippen molar-refractivity contribution in [1.29, 1.82) is 0 Å². The molecule has 10 nitrogen and oxygen atoms in total. The van der Waals surface area contributed by atoms with Gasteiger partial charge in [-0.1, -0.05) is 32.1 Å². The molecule has 2 heterocycles. The summed E-state index contributed by atoms with van der Waals surface area (Å²) >= 11 is 0. The van der Waals surface area contributed by atoms with E-state index in [1.165, 1.54) is 6.08 Å². The SMILES string of the molecule is C/C=C(/C)C1C/C=C(\C)C(OC2OC(CO)C(O)C2O)C(OC(=O)CC(C)C)C(=O)C=CC(C)C(=O)O1. The van der Waals surface area contributed by atoms with Gasteiger partial charge < -0.3 is 34.3 Å². The highest BCUT2D eigenvalue weighted by Crippen LogP contribution is 2.28. The summed E-state index contributed by atoms with van der Waals surface area (Å²) in [6.45, 7) is 10.0. The van der Waals surface area contributed by atoms with Crippen molar-refractivity contribution in [2.45, 2.75) is 97.3 Å². The highest BCUT2D eigenvalue weighted by atomic mass is 16.7. The maximum atomic E-state index is 13.3. The molecule has 0 amide bonds. The zero-order chi connectivity index (χ0) is 27.9. The summed E-state index contributed by atoms with van der Waals surface area (Å²) in [5.41, 5.74) is 1.28. The lowest BCUT2D eigenvalue weighted by atomic mass is 9.97.